The van der Waals surface area contributed by atoms with Crippen molar-refractivity contribution in [2.75, 3.05) is 13.2 Å². The van der Waals surface area contributed by atoms with Crippen LogP contribution in [0.5, 0.6) is 0 Å². The molecule has 1 aliphatic heterocycles. The summed E-state index contributed by atoms with van der Waals surface area (Å²) in [6.07, 6.45) is 9.02. The first-order valence-electron chi connectivity index (χ1n) is 6.20. The highest BCUT2D eigenvalue weighted by Gasteiger charge is 2.12. The van der Waals surface area contributed by atoms with Crippen LogP contribution in [-0.2, 0) is 4.74 Å². The lowest BCUT2D eigenvalue weighted by Gasteiger charge is -1.98. The minimum atomic E-state index is -0.168. The van der Waals surface area contributed by atoms with Crippen molar-refractivity contribution in [2.24, 2.45) is 0 Å². The molecule has 0 spiro atoms. The largest absolute Gasteiger partial charge is 0.373 e. The number of aromatic nitrogens is 5. The van der Waals surface area contributed by atoms with Crippen LogP contribution in [0.4, 0.5) is 0 Å². The Morgan fingerprint density at radius 2 is 2.25 bits per heavy atom. The fraction of sp³-hybridized carbons (Fsp3) is 0.154. The average Bonchev–Trinajstić information content (AvgIpc) is 3.17. The lowest BCUT2D eigenvalue weighted by atomic mass is 10.2. The van der Waals surface area contributed by atoms with E-state index in [1.165, 1.54) is 6.07 Å². The van der Waals surface area contributed by atoms with E-state index in [2.05, 4.69) is 15.2 Å². The standard InChI is InChI=1S/C13H11N5O2/c19-12-1-3-17-13(16-12)11(6-15-17)18-7-10(5-14-18)9-2-4-20-8-9/h1-3,5-7H,4,8H2,(H,16,19). The topological polar surface area (TPSA) is 77.2 Å². The molecule has 3 aromatic heterocycles. The van der Waals surface area contributed by atoms with E-state index in [0.717, 1.165) is 16.8 Å². The number of rotatable bonds is 2. The summed E-state index contributed by atoms with van der Waals surface area (Å²) in [5, 5.41) is 8.52. The molecule has 0 radical (unpaired) electrons. The Hall–Kier alpha value is -2.67. The van der Waals surface area contributed by atoms with Crippen molar-refractivity contribution in [2.45, 2.75) is 0 Å². The number of aromatic amines is 1. The van der Waals surface area contributed by atoms with Gasteiger partial charge in [0.05, 0.1) is 25.6 Å². The zero-order valence-corrected chi connectivity index (χ0v) is 10.5. The fourth-order valence-electron chi connectivity index (χ4n) is 2.26. The molecule has 0 bridgehead atoms. The van der Waals surface area contributed by atoms with Gasteiger partial charge in [-0.2, -0.15) is 10.2 Å². The SMILES string of the molecule is O=c1ccn2ncc(-n3cc(C4=CCOC4)cn3)c2[nH]1. The van der Waals surface area contributed by atoms with Gasteiger partial charge in [-0.25, -0.2) is 9.20 Å². The van der Waals surface area contributed by atoms with Gasteiger partial charge in [-0.05, 0) is 5.57 Å². The molecule has 4 rings (SSSR count). The lowest BCUT2D eigenvalue weighted by Crippen LogP contribution is -2.07. The second-order valence-electron chi connectivity index (χ2n) is 4.55. The van der Waals surface area contributed by atoms with E-state index >= 15 is 0 Å². The number of fused-ring (bicyclic) bond motifs is 1. The molecule has 0 aliphatic carbocycles. The molecule has 1 aliphatic rings. The Balaban J connectivity index is 1.83. The van der Waals surface area contributed by atoms with Crippen molar-refractivity contribution in [3.05, 3.63) is 52.8 Å². The molecule has 0 atom stereocenters. The molecule has 0 unspecified atom stereocenters. The molecule has 0 amide bonds. The van der Waals surface area contributed by atoms with Crippen molar-refractivity contribution in [1.29, 1.82) is 0 Å². The van der Waals surface area contributed by atoms with Crippen LogP contribution in [0.15, 0.2) is 41.7 Å². The second kappa shape index (κ2) is 4.17. The average molecular weight is 269 g/mol. The molecular weight excluding hydrogens is 258 g/mol. The Labute approximate surface area is 113 Å². The highest BCUT2D eigenvalue weighted by Crippen LogP contribution is 2.20. The molecule has 1 N–H and O–H groups in total. The first kappa shape index (κ1) is 11.2. The zero-order chi connectivity index (χ0) is 13.5. The minimum Gasteiger partial charge on any atom is -0.373 e. The highest BCUT2D eigenvalue weighted by molar-refractivity contribution is 5.67. The molecule has 100 valence electrons. The third kappa shape index (κ3) is 1.68. The van der Waals surface area contributed by atoms with E-state index in [1.807, 2.05) is 12.3 Å². The van der Waals surface area contributed by atoms with Crippen LogP contribution in [0.2, 0.25) is 0 Å². The predicted molar refractivity (Wildman–Crippen MR) is 71.7 cm³/mol. The maximum absolute atomic E-state index is 11.4. The van der Waals surface area contributed by atoms with E-state index in [0.29, 0.717) is 18.9 Å². The van der Waals surface area contributed by atoms with Crippen LogP contribution >= 0.6 is 0 Å². The summed E-state index contributed by atoms with van der Waals surface area (Å²) in [6, 6.07) is 1.43. The zero-order valence-electron chi connectivity index (χ0n) is 10.5. The van der Waals surface area contributed by atoms with E-state index in [9.17, 15) is 4.79 Å². The lowest BCUT2D eigenvalue weighted by molar-refractivity contribution is 0.216. The molecule has 3 aromatic rings. The summed E-state index contributed by atoms with van der Waals surface area (Å²) in [7, 11) is 0. The summed E-state index contributed by atoms with van der Waals surface area (Å²) in [6.45, 7) is 1.25. The Morgan fingerprint density at radius 1 is 1.30 bits per heavy atom. The van der Waals surface area contributed by atoms with Gasteiger partial charge < -0.3 is 9.72 Å². The first-order chi connectivity index (χ1) is 9.81. The molecule has 7 nitrogen and oxygen atoms in total. The highest BCUT2D eigenvalue weighted by atomic mass is 16.5. The molecule has 7 heteroatoms. The first-order valence-corrected chi connectivity index (χ1v) is 6.20. The maximum Gasteiger partial charge on any atom is 0.251 e. The summed E-state index contributed by atoms with van der Waals surface area (Å²) in [5.74, 6) is 0. The van der Waals surface area contributed by atoms with Crippen LogP contribution in [-0.4, -0.2) is 37.6 Å². The molecule has 0 saturated carbocycles. The van der Waals surface area contributed by atoms with Gasteiger partial charge in [-0.1, -0.05) is 6.08 Å². The van der Waals surface area contributed by atoms with Crippen LogP contribution in [0.25, 0.3) is 16.9 Å². The monoisotopic (exact) mass is 269 g/mol. The third-order valence-electron chi connectivity index (χ3n) is 3.29. The number of H-pyrrole nitrogens is 1. The fourth-order valence-corrected chi connectivity index (χ4v) is 2.26. The van der Waals surface area contributed by atoms with Gasteiger partial charge in [0, 0.05) is 24.0 Å². The number of hydrogen-bond acceptors (Lipinski definition) is 4. The normalized spacial score (nSPS) is 14.9. The summed E-state index contributed by atoms with van der Waals surface area (Å²) in [4.78, 5) is 14.2. The van der Waals surface area contributed by atoms with Crippen molar-refractivity contribution < 1.29 is 4.74 Å². The van der Waals surface area contributed by atoms with Crippen molar-refractivity contribution in [1.82, 2.24) is 24.4 Å². The Bertz CT molecular complexity index is 870. The van der Waals surface area contributed by atoms with E-state index in [4.69, 9.17) is 4.74 Å². The van der Waals surface area contributed by atoms with Gasteiger partial charge in [0.15, 0.2) is 5.65 Å². The van der Waals surface area contributed by atoms with Crippen molar-refractivity contribution in [3.8, 4) is 5.69 Å². The van der Waals surface area contributed by atoms with Gasteiger partial charge in [-0.3, -0.25) is 4.79 Å². The molecular formula is C13H11N5O2. The molecule has 0 aromatic carbocycles. The quantitative estimate of drug-likeness (QED) is 0.740. The Kier molecular flexibility index (Phi) is 2.33. The molecule has 0 saturated heterocycles. The van der Waals surface area contributed by atoms with Crippen LogP contribution in [0.1, 0.15) is 5.56 Å². The van der Waals surface area contributed by atoms with Gasteiger partial charge >= 0.3 is 0 Å². The number of hydrogen-bond donors (Lipinski definition) is 1. The summed E-state index contributed by atoms with van der Waals surface area (Å²) >= 11 is 0. The van der Waals surface area contributed by atoms with Gasteiger partial charge in [-0.15, -0.1) is 0 Å². The second-order valence-corrected chi connectivity index (χ2v) is 4.55. The smallest absolute Gasteiger partial charge is 0.251 e. The number of ether oxygens (including phenoxy) is 1. The van der Waals surface area contributed by atoms with Crippen molar-refractivity contribution in [3.63, 3.8) is 0 Å². The molecule has 0 fully saturated rings. The van der Waals surface area contributed by atoms with Crippen molar-refractivity contribution >= 4 is 11.2 Å². The molecule has 4 heterocycles. The van der Waals surface area contributed by atoms with E-state index in [-0.39, 0.29) is 5.56 Å². The Morgan fingerprint density at radius 3 is 3.10 bits per heavy atom. The predicted octanol–water partition coefficient (Wildman–Crippen LogP) is 0.622. The van der Waals surface area contributed by atoms with E-state index < -0.39 is 0 Å². The molecule has 20 heavy (non-hydrogen) atoms. The summed E-state index contributed by atoms with van der Waals surface area (Å²) < 4.78 is 8.61. The third-order valence-corrected chi connectivity index (χ3v) is 3.29. The summed E-state index contributed by atoms with van der Waals surface area (Å²) in [5.41, 5.74) is 3.32. The van der Waals surface area contributed by atoms with Crippen LogP contribution in [0, 0.1) is 0 Å². The number of nitrogens with zero attached hydrogens (tertiary/aromatic N) is 4. The van der Waals surface area contributed by atoms with Gasteiger partial charge in [0.25, 0.3) is 5.56 Å². The number of nitrogens with one attached hydrogen (secondary N) is 1. The van der Waals surface area contributed by atoms with Crippen LogP contribution in [0.3, 0.4) is 0 Å². The van der Waals surface area contributed by atoms with Gasteiger partial charge in [0.2, 0.25) is 0 Å². The maximum atomic E-state index is 11.4. The van der Waals surface area contributed by atoms with Gasteiger partial charge in [0.1, 0.15) is 5.69 Å². The minimum absolute atomic E-state index is 0.168. The van der Waals surface area contributed by atoms with E-state index in [1.54, 1.807) is 27.8 Å². The van der Waals surface area contributed by atoms with Crippen LogP contribution < -0.4 is 5.56 Å².